The highest BCUT2D eigenvalue weighted by molar-refractivity contribution is 7.91. The number of carbonyl (C=O) groups is 1. The molecule has 0 fully saturated rings. The van der Waals surface area contributed by atoms with Crippen LogP contribution in [0.1, 0.15) is 10.6 Å². The highest BCUT2D eigenvalue weighted by Gasteiger charge is 2.17. The fourth-order valence-electron chi connectivity index (χ4n) is 1.43. The Morgan fingerprint density at radius 1 is 1.31 bits per heavy atom. The number of hydrogen-bond donors (Lipinski definition) is 0. The number of sulfone groups is 1. The third-order valence-corrected chi connectivity index (χ3v) is 2.88. The maximum absolute atomic E-state index is 11.6. The van der Waals surface area contributed by atoms with E-state index >= 15 is 0 Å². The fraction of sp³-hybridized carbons (Fsp3) is 0.182. The molecule has 1 heterocycles. The molecule has 84 valence electrons. The minimum Gasteiger partial charge on any atom is -0.453 e. The molecule has 0 bridgehead atoms. The van der Waals surface area contributed by atoms with Crippen LogP contribution in [0.15, 0.2) is 34.7 Å². The van der Waals surface area contributed by atoms with Crippen molar-refractivity contribution in [2.45, 2.75) is 0 Å². The molecular weight excluding hydrogens is 228 g/mol. The summed E-state index contributed by atoms with van der Waals surface area (Å²) in [4.78, 5) is 11.6. The van der Waals surface area contributed by atoms with Crippen molar-refractivity contribution in [2.24, 2.45) is 0 Å². The maximum Gasteiger partial charge on any atom is 0.212 e. The first-order valence-corrected chi connectivity index (χ1v) is 6.71. The number of rotatable bonds is 3. The smallest absolute Gasteiger partial charge is 0.212 e. The lowest BCUT2D eigenvalue weighted by Gasteiger charge is -1.93. The summed E-state index contributed by atoms with van der Waals surface area (Å²) >= 11 is 0. The molecule has 0 radical (unpaired) electrons. The first kappa shape index (κ1) is 10.9. The monoisotopic (exact) mass is 238 g/mol. The Kier molecular flexibility index (Phi) is 2.55. The van der Waals surface area contributed by atoms with E-state index in [1.807, 2.05) is 6.07 Å². The highest BCUT2D eigenvalue weighted by atomic mass is 32.2. The second kappa shape index (κ2) is 3.75. The van der Waals surface area contributed by atoms with E-state index in [1.54, 1.807) is 24.3 Å². The number of hydrogen-bond acceptors (Lipinski definition) is 4. The summed E-state index contributed by atoms with van der Waals surface area (Å²) in [7, 11) is -3.32. The van der Waals surface area contributed by atoms with Crippen LogP contribution < -0.4 is 0 Å². The average Bonchev–Trinajstić information content (AvgIpc) is 2.58. The molecule has 5 heteroatoms. The van der Waals surface area contributed by atoms with Crippen LogP contribution >= 0.6 is 0 Å². The minimum atomic E-state index is -3.32. The fourth-order valence-corrected chi connectivity index (χ4v) is 2.05. The van der Waals surface area contributed by atoms with Gasteiger partial charge in [-0.15, -0.1) is 0 Å². The summed E-state index contributed by atoms with van der Waals surface area (Å²) in [5.74, 6) is -0.947. The van der Waals surface area contributed by atoms with Gasteiger partial charge in [-0.05, 0) is 12.1 Å². The van der Waals surface area contributed by atoms with Gasteiger partial charge in [-0.1, -0.05) is 18.2 Å². The van der Waals surface area contributed by atoms with Gasteiger partial charge in [-0.25, -0.2) is 8.42 Å². The van der Waals surface area contributed by atoms with Crippen LogP contribution in [0.4, 0.5) is 0 Å². The molecule has 0 aliphatic rings. The summed E-state index contributed by atoms with van der Waals surface area (Å²) in [6.07, 6.45) is 1.02. The second-order valence-corrected chi connectivity index (χ2v) is 5.78. The lowest BCUT2D eigenvalue weighted by Crippen LogP contribution is -2.13. The first-order valence-electron chi connectivity index (χ1n) is 4.65. The van der Waals surface area contributed by atoms with E-state index in [4.69, 9.17) is 4.42 Å². The quantitative estimate of drug-likeness (QED) is 0.763. The molecular formula is C11H10O4S. The lowest BCUT2D eigenvalue weighted by atomic mass is 10.2. The Labute approximate surface area is 92.8 Å². The van der Waals surface area contributed by atoms with Gasteiger partial charge in [-0.3, -0.25) is 4.79 Å². The summed E-state index contributed by atoms with van der Waals surface area (Å²) < 4.78 is 27.2. The topological polar surface area (TPSA) is 64.3 Å². The maximum atomic E-state index is 11.6. The SMILES string of the molecule is CS(=O)(=O)CC(=O)c1cc2ccccc2o1. The standard InChI is InChI=1S/C11H10O4S/c1-16(13,14)7-9(12)11-6-8-4-2-3-5-10(8)15-11/h2-6H,7H2,1H3. The van der Waals surface area contributed by atoms with Gasteiger partial charge < -0.3 is 4.42 Å². The van der Waals surface area contributed by atoms with Crippen molar-refractivity contribution in [3.05, 3.63) is 36.1 Å². The number of furan rings is 1. The van der Waals surface area contributed by atoms with Crippen molar-refractivity contribution >= 4 is 26.6 Å². The van der Waals surface area contributed by atoms with Gasteiger partial charge in [0.05, 0.1) is 0 Å². The third kappa shape index (κ3) is 2.30. The number of fused-ring (bicyclic) bond motifs is 1. The third-order valence-electron chi connectivity index (χ3n) is 2.09. The predicted molar refractivity (Wildman–Crippen MR) is 60.3 cm³/mol. The normalized spacial score (nSPS) is 11.8. The molecule has 16 heavy (non-hydrogen) atoms. The molecule has 0 saturated heterocycles. The Hall–Kier alpha value is -1.62. The zero-order valence-electron chi connectivity index (χ0n) is 8.64. The number of Topliss-reactive ketones (excluding diaryl/α,β-unsaturated/α-hetero) is 1. The minimum absolute atomic E-state index is 0.0895. The van der Waals surface area contributed by atoms with Crippen molar-refractivity contribution in [3.8, 4) is 0 Å². The Balaban J connectivity index is 2.37. The van der Waals surface area contributed by atoms with Gasteiger partial charge in [0.1, 0.15) is 11.3 Å². The van der Waals surface area contributed by atoms with E-state index in [9.17, 15) is 13.2 Å². The molecule has 1 aromatic heterocycles. The number of benzene rings is 1. The van der Waals surface area contributed by atoms with Crippen LogP contribution in [0, 0.1) is 0 Å². The van der Waals surface area contributed by atoms with Crippen molar-refractivity contribution in [3.63, 3.8) is 0 Å². The zero-order valence-corrected chi connectivity index (χ0v) is 9.45. The molecule has 2 aromatic rings. The molecule has 4 nitrogen and oxygen atoms in total. The highest BCUT2D eigenvalue weighted by Crippen LogP contribution is 2.19. The van der Waals surface area contributed by atoms with Crippen LogP contribution in [0.25, 0.3) is 11.0 Å². The van der Waals surface area contributed by atoms with E-state index in [2.05, 4.69) is 0 Å². The van der Waals surface area contributed by atoms with Crippen molar-refractivity contribution in [2.75, 3.05) is 12.0 Å². The molecule has 2 rings (SSSR count). The Morgan fingerprint density at radius 3 is 2.62 bits per heavy atom. The molecule has 0 amide bonds. The van der Waals surface area contributed by atoms with E-state index in [0.29, 0.717) is 5.58 Å². The molecule has 0 spiro atoms. The van der Waals surface area contributed by atoms with Gasteiger partial charge in [-0.2, -0.15) is 0 Å². The molecule has 0 aliphatic carbocycles. The number of carbonyl (C=O) groups excluding carboxylic acids is 1. The van der Waals surface area contributed by atoms with Gasteiger partial charge in [0, 0.05) is 11.6 Å². The average molecular weight is 238 g/mol. The van der Waals surface area contributed by atoms with Crippen molar-refractivity contribution < 1.29 is 17.6 Å². The van der Waals surface area contributed by atoms with Gasteiger partial charge in [0.25, 0.3) is 0 Å². The molecule has 0 aliphatic heterocycles. The van der Waals surface area contributed by atoms with Gasteiger partial charge >= 0.3 is 0 Å². The Morgan fingerprint density at radius 2 is 2.00 bits per heavy atom. The van der Waals surface area contributed by atoms with Crippen LogP contribution in [-0.2, 0) is 9.84 Å². The summed E-state index contributed by atoms with van der Waals surface area (Å²) in [5.41, 5.74) is 0.583. The van der Waals surface area contributed by atoms with Gasteiger partial charge in [0.15, 0.2) is 15.6 Å². The van der Waals surface area contributed by atoms with E-state index in [-0.39, 0.29) is 5.76 Å². The van der Waals surface area contributed by atoms with Crippen LogP contribution in [0.2, 0.25) is 0 Å². The predicted octanol–water partition coefficient (Wildman–Crippen LogP) is 1.66. The lowest BCUT2D eigenvalue weighted by molar-refractivity contribution is 0.0993. The van der Waals surface area contributed by atoms with Crippen molar-refractivity contribution in [1.82, 2.24) is 0 Å². The van der Waals surface area contributed by atoms with Crippen LogP contribution in [-0.4, -0.2) is 26.2 Å². The van der Waals surface area contributed by atoms with Gasteiger partial charge in [0.2, 0.25) is 5.78 Å². The largest absolute Gasteiger partial charge is 0.453 e. The summed E-state index contributed by atoms with van der Waals surface area (Å²) in [6.45, 7) is 0. The molecule has 0 saturated carbocycles. The summed E-state index contributed by atoms with van der Waals surface area (Å²) in [5, 5.41) is 0.791. The van der Waals surface area contributed by atoms with E-state index < -0.39 is 21.4 Å². The number of para-hydroxylation sites is 1. The first-order chi connectivity index (χ1) is 7.46. The Bertz CT molecular complexity index is 604. The number of ketones is 1. The molecule has 0 unspecified atom stereocenters. The summed E-state index contributed by atoms with van der Waals surface area (Å²) in [6, 6.07) is 8.70. The zero-order chi connectivity index (χ0) is 11.8. The van der Waals surface area contributed by atoms with E-state index in [0.717, 1.165) is 11.6 Å². The molecule has 0 N–H and O–H groups in total. The van der Waals surface area contributed by atoms with Crippen molar-refractivity contribution in [1.29, 1.82) is 0 Å². The van der Waals surface area contributed by atoms with Crippen LogP contribution in [0.5, 0.6) is 0 Å². The van der Waals surface area contributed by atoms with E-state index in [1.165, 1.54) is 0 Å². The second-order valence-electron chi connectivity index (χ2n) is 3.64. The molecule has 0 atom stereocenters. The molecule has 1 aromatic carbocycles. The van der Waals surface area contributed by atoms with Crippen LogP contribution in [0.3, 0.4) is 0 Å².